The van der Waals surface area contributed by atoms with Gasteiger partial charge >= 0.3 is 0 Å². The van der Waals surface area contributed by atoms with Gasteiger partial charge in [0.05, 0.1) is 17.4 Å². The second-order valence-corrected chi connectivity index (χ2v) is 7.82. The number of hydrogen-bond acceptors (Lipinski definition) is 7. The van der Waals surface area contributed by atoms with E-state index in [4.69, 9.17) is 0 Å². The summed E-state index contributed by atoms with van der Waals surface area (Å²) in [6.07, 6.45) is 3.36. The zero-order chi connectivity index (χ0) is 21.1. The van der Waals surface area contributed by atoms with Crippen LogP contribution in [0.4, 0.5) is 11.4 Å². The Morgan fingerprint density at radius 1 is 1.27 bits per heavy atom. The molecule has 30 heavy (non-hydrogen) atoms. The van der Waals surface area contributed by atoms with Gasteiger partial charge in [-0.2, -0.15) is 5.10 Å². The maximum Gasteiger partial charge on any atom is 0.278 e. The highest BCUT2D eigenvalue weighted by atomic mass is 32.1. The summed E-state index contributed by atoms with van der Waals surface area (Å²) >= 11 is 1.34. The Labute approximate surface area is 177 Å². The predicted octanol–water partition coefficient (Wildman–Crippen LogP) is 2.38. The molecule has 2 amide bonds. The monoisotopic (exact) mass is 423 g/mol. The summed E-state index contributed by atoms with van der Waals surface area (Å²) in [7, 11) is 2.09. The summed E-state index contributed by atoms with van der Waals surface area (Å²) in [5.41, 5.74) is 2.68. The molecule has 0 radical (unpaired) electrons. The van der Waals surface area contributed by atoms with E-state index in [1.807, 2.05) is 6.07 Å². The van der Waals surface area contributed by atoms with E-state index >= 15 is 0 Å². The van der Waals surface area contributed by atoms with Gasteiger partial charge in [-0.1, -0.05) is 0 Å². The molecule has 3 aromatic rings. The molecule has 2 N–H and O–H groups in total. The number of aromatic amines is 1. The lowest BCUT2D eigenvalue weighted by Gasteiger charge is -2.34. The quantitative estimate of drug-likeness (QED) is 0.610. The van der Waals surface area contributed by atoms with E-state index in [-0.39, 0.29) is 5.69 Å². The number of thiazole rings is 1. The van der Waals surface area contributed by atoms with Crippen LogP contribution < -0.4 is 10.2 Å². The summed E-state index contributed by atoms with van der Waals surface area (Å²) in [5.74, 6) is -0.884. The first-order valence-electron chi connectivity index (χ1n) is 9.40. The van der Waals surface area contributed by atoms with Crippen LogP contribution in [0.15, 0.2) is 41.0 Å². The van der Waals surface area contributed by atoms with Gasteiger partial charge in [-0.15, -0.1) is 11.3 Å². The van der Waals surface area contributed by atoms with Crippen molar-refractivity contribution in [2.45, 2.75) is 0 Å². The molecule has 154 valence electrons. The van der Waals surface area contributed by atoms with Crippen LogP contribution in [0.25, 0.3) is 10.6 Å². The lowest BCUT2D eigenvalue weighted by atomic mass is 10.1. The number of amides is 2. The number of piperazine rings is 1. The van der Waals surface area contributed by atoms with Crippen LogP contribution in [0.1, 0.15) is 20.8 Å². The normalized spacial score (nSPS) is 14.5. The third kappa shape index (κ3) is 4.14. The Morgan fingerprint density at radius 3 is 2.77 bits per heavy atom. The van der Waals surface area contributed by atoms with Crippen LogP contribution in [-0.2, 0) is 0 Å². The van der Waals surface area contributed by atoms with Crippen molar-refractivity contribution < 1.29 is 9.59 Å². The Morgan fingerprint density at radius 2 is 2.07 bits per heavy atom. The molecule has 9 nitrogen and oxygen atoms in total. The average molecular weight is 424 g/mol. The summed E-state index contributed by atoms with van der Waals surface area (Å²) in [6, 6.07) is 5.39. The Balaban J connectivity index is 1.56. The van der Waals surface area contributed by atoms with Crippen molar-refractivity contribution in [2.24, 2.45) is 4.99 Å². The highest BCUT2D eigenvalue weighted by Crippen LogP contribution is 2.27. The number of nitrogens with one attached hydrogen (secondary N) is 2. The minimum Gasteiger partial charge on any atom is -0.369 e. The Hall–Kier alpha value is -3.37. The first kappa shape index (κ1) is 19.9. The molecule has 1 saturated heterocycles. The number of carbonyl (C=O) groups excluding carboxylic acids is 2. The fraction of sp³-hybridized carbons (Fsp3) is 0.250. The molecule has 0 unspecified atom stereocenters. The minimum atomic E-state index is -0.487. The van der Waals surface area contributed by atoms with Crippen molar-refractivity contribution in [3.63, 3.8) is 0 Å². The molecule has 0 aliphatic carbocycles. The van der Waals surface area contributed by atoms with Gasteiger partial charge in [0.25, 0.3) is 11.8 Å². The zero-order valence-corrected chi connectivity index (χ0v) is 17.3. The number of benzene rings is 1. The van der Waals surface area contributed by atoms with Gasteiger partial charge in [-0.05, 0) is 32.0 Å². The summed E-state index contributed by atoms with van der Waals surface area (Å²) in [4.78, 5) is 37.5. The molecule has 1 aliphatic heterocycles. The fourth-order valence-electron chi connectivity index (χ4n) is 3.23. The van der Waals surface area contributed by atoms with Crippen LogP contribution in [0.2, 0.25) is 0 Å². The van der Waals surface area contributed by atoms with E-state index < -0.39 is 11.8 Å². The van der Waals surface area contributed by atoms with E-state index in [0.717, 1.165) is 37.4 Å². The molecule has 0 spiro atoms. The Bertz CT molecular complexity index is 1070. The van der Waals surface area contributed by atoms with Gasteiger partial charge in [-0.3, -0.25) is 14.7 Å². The predicted molar refractivity (Wildman–Crippen MR) is 118 cm³/mol. The molecular weight excluding hydrogens is 402 g/mol. The number of H-pyrrole nitrogens is 1. The highest BCUT2D eigenvalue weighted by molar-refractivity contribution is 7.13. The number of rotatable bonds is 5. The van der Waals surface area contributed by atoms with E-state index in [9.17, 15) is 9.59 Å². The van der Waals surface area contributed by atoms with Crippen LogP contribution in [0.5, 0.6) is 0 Å². The van der Waals surface area contributed by atoms with Crippen molar-refractivity contribution in [2.75, 3.05) is 43.4 Å². The van der Waals surface area contributed by atoms with Gasteiger partial charge in [0, 0.05) is 49.0 Å². The topological polar surface area (TPSA) is 107 Å². The lowest BCUT2D eigenvalue weighted by Crippen LogP contribution is -2.44. The smallest absolute Gasteiger partial charge is 0.278 e. The third-order valence-corrected chi connectivity index (χ3v) is 5.87. The van der Waals surface area contributed by atoms with E-state index in [2.05, 4.69) is 49.1 Å². The summed E-state index contributed by atoms with van der Waals surface area (Å²) in [6.45, 7) is 6.98. The van der Waals surface area contributed by atoms with E-state index in [1.165, 1.54) is 11.3 Å². The first-order chi connectivity index (χ1) is 14.5. The van der Waals surface area contributed by atoms with Crippen LogP contribution in [0.3, 0.4) is 0 Å². The lowest BCUT2D eigenvalue weighted by molar-refractivity contribution is 0.100. The van der Waals surface area contributed by atoms with Crippen molar-refractivity contribution in [3.05, 3.63) is 47.2 Å². The minimum absolute atomic E-state index is 0.268. The third-order valence-electron chi connectivity index (χ3n) is 4.98. The number of aliphatic imine (C=N–C) groups is 1. The maximum atomic E-state index is 12.7. The molecule has 0 bridgehead atoms. The molecule has 1 aromatic carbocycles. The molecule has 3 heterocycles. The molecule has 1 fully saturated rings. The van der Waals surface area contributed by atoms with Gasteiger partial charge in [-0.25, -0.2) is 9.98 Å². The number of carbonyl (C=O) groups is 2. The number of anilines is 2. The second kappa shape index (κ2) is 8.56. The van der Waals surface area contributed by atoms with E-state index in [0.29, 0.717) is 16.3 Å². The maximum absolute atomic E-state index is 12.7. The summed E-state index contributed by atoms with van der Waals surface area (Å²) in [5, 5.41) is 11.8. The molecular formula is C20H21N7O2S. The van der Waals surface area contributed by atoms with Crippen LogP contribution in [0, 0.1) is 0 Å². The summed E-state index contributed by atoms with van der Waals surface area (Å²) < 4.78 is 0. The highest BCUT2D eigenvalue weighted by Gasteiger charge is 2.20. The van der Waals surface area contributed by atoms with Crippen molar-refractivity contribution >= 4 is 41.2 Å². The van der Waals surface area contributed by atoms with Crippen molar-refractivity contribution in [1.29, 1.82) is 0 Å². The van der Waals surface area contributed by atoms with Crippen LogP contribution >= 0.6 is 11.3 Å². The SMILES string of the molecule is C=NC(=O)c1cc(N2CCN(C)CC2)ccc1NC(=O)c1csc(-c2cn[nH]c2)n1. The average Bonchev–Trinajstić information content (AvgIpc) is 3.46. The van der Waals surface area contributed by atoms with Gasteiger partial charge in [0.1, 0.15) is 10.7 Å². The molecule has 2 aromatic heterocycles. The van der Waals surface area contributed by atoms with E-state index in [1.54, 1.807) is 29.9 Å². The number of likely N-dealkylation sites (N-methyl/N-ethyl adjacent to an activating group) is 1. The van der Waals surface area contributed by atoms with Crippen molar-refractivity contribution in [3.8, 4) is 10.6 Å². The van der Waals surface area contributed by atoms with Crippen LogP contribution in [-0.4, -0.2) is 71.8 Å². The second-order valence-electron chi connectivity index (χ2n) is 6.96. The number of aromatic nitrogens is 3. The first-order valence-corrected chi connectivity index (χ1v) is 10.3. The number of hydrogen-bond donors (Lipinski definition) is 2. The molecule has 10 heteroatoms. The fourth-order valence-corrected chi connectivity index (χ4v) is 4.01. The van der Waals surface area contributed by atoms with Gasteiger partial charge < -0.3 is 15.1 Å². The van der Waals surface area contributed by atoms with Gasteiger partial charge in [0.2, 0.25) is 0 Å². The molecule has 4 rings (SSSR count). The molecule has 0 atom stereocenters. The molecule has 0 saturated carbocycles. The zero-order valence-electron chi connectivity index (χ0n) is 16.5. The Kier molecular flexibility index (Phi) is 5.68. The largest absolute Gasteiger partial charge is 0.369 e. The standard InChI is InChI=1S/C20H21N7O2S/c1-21-18(28)15-9-14(27-7-5-26(2)6-8-27)3-4-16(15)24-19(29)17-12-30-20(25-17)13-10-22-23-11-13/h3-4,9-12H,1,5-8H2,2H3,(H,22,23)(H,24,29). The van der Waals surface area contributed by atoms with Crippen molar-refractivity contribution in [1.82, 2.24) is 20.1 Å². The van der Waals surface area contributed by atoms with Gasteiger partial charge in [0.15, 0.2) is 0 Å². The number of nitrogens with zero attached hydrogens (tertiary/aromatic N) is 5. The molecule has 1 aliphatic rings.